The van der Waals surface area contributed by atoms with Crippen molar-refractivity contribution < 1.29 is 0 Å². The maximum Gasteiger partial charge on any atom is 0.0136 e. The van der Waals surface area contributed by atoms with Crippen LogP contribution in [0.5, 0.6) is 0 Å². The number of rotatable bonds is 4. The Kier molecular flexibility index (Phi) is 4.45. The lowest BCUT2D eigenvalue weighted by atomic mass is 9.79. The first kappa shape index (κ1) is 14.1. The molecule has 0 aliphatic heterocycles. The molecular formula is C19H29N. The summed E-state index contributed by atoms with van der Waals surface area (Å²) in [5.74, 6) is 0.731. The number of nitrogens with one attached hydrogen (secondary N) is 1. The highest BCUT2D eigenvalue weighted by Gasteiger charge is 2.31. The van der Waals surface area contributed by atoms with Gasteiger partial charge < -0.3 is 5.32 Å². The van der Waals surface area contributed by atoms with Crippen LogP contribution in [0.15, 0.2) is 30.3 Å². The summed E-state index contributed by atoms with van der Waals surface area (Å²) in [6.07, 6.45) is 11.2. The molecule has 0 radical (unpaired) electrons. The van der Waals surface area contributed by atoms with Gasteiger partial charge in [0.2, 0.25) is 0 Å². The Balaban J connectivity index is 1.63. The lowest BCUT2D eigenvalue weighted by Crippen LogP contribution is -2.42. The first-order valence-corrected chi connectivity index (χ1v) is 8.55. The Morgan fingerprint density at radius 2 is 1.70 bits per heavy atom. The van der Waals surface area contributed by atoms with Gasteiger partial charge in [0.15, 0.2) is 0 Å². The molecule has 2 unspecified atom stereocenters. The van der Waals surface area contributed by atoms with Crippen LogP contribution in [0, 0.1) is 5.41 Å². The molecule has 1 heteroatoms. The first-order chi connectivity index (χ1) is 9.77. The molecule has 2 aliphatic rings. The van der Waals surface area contributed by atoms with Crippen molar-refractivity contribution in [2.24, 2.45) is 5.41 Å². The lowest BCUT2D eigenvalue weighted by Gasteiger charge is -2.35. The molecule has 3 rings (SSSR count). The van der Waals surface area contributed by atoms with Gasteiger partial charge in [0.05, 0.1) is 0 Å². The average Bonchev–Trinajstić information content (AvgIpc) is 2.94. The molecule has 0 amide bonds. The van der Waals surface area contributed by atoms with Gasteiger partial charge in [-0.25, -0.2) is 0 Å². The third-order valence-electron chi connectivity index (χ3n) is 5.60. The van der Waals surface area contributed by atoms with Gasteiger partial charge in [-0.15, -0.1) is 0 Å². The Hall–Kier alpha value is -0.820. The minimum atomic E-state index is 0.568. The fourth-order valence-electron chi connectivity index (χ4n) is 4.26. The van der Waals surface area contributed by atoms with Gasteiger partial charge in [0.1, 0.15) is 0 Å². The van der Waals surface area contributed by atoms with Crippen molar-refractivity contribution in [3.05, 3.63) is 35.9 Å². The van der Waals surface area contributed by atoms with E-state index >= 15 is 0 Å². The van der Waals surface area contributed by atoms with Gasteiger partial charge >= 0.3 is 0 Å². The van der Waals surface area contributed by atoms with Gasteiger partial charge in [-0.2, -0.15) is 0 Å². The van der Waals surface area contributed by atoms with Gasteiger partial charge in [-0.05, 0) is 42.6 Å². The zero-order chi connectivity index (χ0) is 13.8. The van der Waals surface area contributed by atoms with E-state index in [0.29, 0.717) is 11.5 Å². The van der Waals surface area contributed by atoms with E-state index in [-0.39, 0.29) is 0 Å². The van der Waals surface area contributed by atoms with Crippen LogP contribution in [-0.4, -0.2) is 12.6 Å². The quantitative estimate of drug-likeness (QED) is 0.822. The Morgan fingerprint density at radius 3 is 2.45 bits per heavy atom. The molecule has 1 aromatic carbocycles. The van der Waals surface area contributed by atoms with E-state index in [1.165, 1.54) is 57.9 Å². The molecule has 2 saturated carbocycles. The first-order valence-electron chi connectivity index (χ1n) is 8.55. The van der Waals surface area contributed by atoms with Crippen molar-refractivity contribution in [1.29, 1.82) is 0 Å². The van der Waals surface area contributed by atoms with Crippen LogP contribution < -0.4 is 5.32 Å². The number of hydrogen-bond acceptors (Lipinski definition) is 1. The van der Waals surface area contributed by atoms with Crippen molar-refractivity contribution in [1.82, 2.24) is 5.32 Å². The third kappa shape index (κ3) is 3.25. The van der Waals surface area contributed by atoms with E-state index in [2.05, 4.69) is 42.6 Å². The predicted molar refractivity (Wildman–Crippen MR) is 86.0 cm³/mol. The zero-order valence-electron chi connectivity index (χ0n) is 12.9. The normalized spacial score (nSPS) is 29.4. The van der Waals surface area contributed by atoms with Crippen LogP contribution in [0.25, 0.3) is 0 Å². The molecule has 1 nitrogen and oxygen atoms in total. The van der Waals surface area contributed by atoms with E-state index in [0.717, 1.165) is 5.92 Å². The summed E-state index contributed by atoms with van der Waals surface area (Å²) in [5, 5.41) is 3.95. The molecule has 0 bridgehead atoms. The highest BCUT2D eigenvalue weighted by Crippen LogP contribution is 2.38. The monoisotopic (exact) mass is 271 g/mol. The average molecular weight is 271 g/mol. The van der Waals surface area contributed by atoms with Crippen LogP contribution >= 0.6 is 0 Å². The summed E-state index contributed by atoms with van der Waals surface area (Å²) in [6, 6.07) is 11.9. The van der Waals surface area contributed by atoms with Gasteiger partial charge in [-0.1, -0.05) is 62.9 Å². The highest BCUT2D eigenvalue weighted by molar-refractivity contribution is 5.22. The van der Waals surface area contributed by atoms with Crippen LogP contribution in [0.4, 0.5) is 0 Å². The lowest BCUT2D eigenvalue weighted by molar-refractivity contribution is 0.255. The molecule has 110 valence electrons. The molecule has 2 fully saturated rings. The smallest absolute Gasteiger partial charge is 0.0136 e. The molecule has 2 atom stereocenters. The van der Waals surface area contributed by atoms with E-state index < -0.39 is 0 Å². The minimum absolute atomic E-state index is 0.568. The number of benzene rings is 1. The van der Waals surface area contributed by atoms with Crippen LogP contribution in [0.1, 0.15) is 69.8 Å². The Labute approximate surface area is 124 Å². The summed E-state index contributed by atoms with van der Waals surface area (Å²) in [6.45, 7) is 3.70. The van der Waals surface area contributed by atoms with Crippen LogP contribution in [-0.2, 0) is 0 Å². The second-order valence-corrected chi connectivity index (χ2v) is 7.31. The van der Waals surface area contributed by atoms with E-state index in [1.807, 2.05) is 0 Å². The van der Waals surface area contributed by atoms with Crippen molar-refractivity contribution >= 4 is 0 Å². The predicted octanol–water partition coefficient (Wildman–Crippen LogP) is 4.88. The Bertz CT molecular complexity index is 405. The molecule has 0 heterocycles. The standard InChI is InChI=1S/C19H29N/c1-19(13-7-8-14-19)15-20-18-12-6-5-11-17(18)16-9-3-2-4-10-16/h2-4,9-10,17-18,20H,5-8,11-15H2,1H3. The molecular weight excluding hydrogens is 242 g/mol. The maximum absolute atomic E-state index is 3.95. The molecule has 1 N–H and O–H groups in total. The third-order valence-corrected chi connectivity index (χ3v) is 5.60. The van der Waals surface area contributed by atoms with Gasteiger partial charge in [-0.3, -0.25) is 0 Å². The van der Waals surface area contributed by atoms with Gasteiger partial charge in [0, 0.05) is 12.6 Å². The molecule has 2 aliphatic carbocycles. The number of hydrogen-bond donors (Lipinski definition) is 1. The second-order valence-electron chi connectivity index (χ2n) is 7.31. The maximum atomic E-state index is 3.95. The van der Waals surface area contributed by atoms with Crippen molar-refractivity contribution in [2.45, 2.75) is 70.3 Å². The molecule has 1 aromatic rings. The second kappa shape index (κ2) is 6.30. The Morgan fingerprint density at radius 1 is 1.00 bits per heavy atom. The molecule has 0 saturated heterocycles. The molecule has 20 heavy (non-hydrogen) atoms. The van der Waals surface area contributed by atoms with Crippen LogP contribution in [0.2, 0.25) is 0 Å². The fourth-order valence-corrected chi connectivity index (χ4v) is 4.26. The van der Waals surface area contributed by atoms with E-state index in [9.17, 15) is 0 Å². The zero-order valence-corrected chi connectivity index (χ0v) is 12.9. The van der Waals surface area contributed by atoms with Gasteiger partial charge in [0.25, 0.3) is 0 Å². The summed E-state index contributed by atoms with van der Waals surface area (Å²) < 4.78 is 0. The van der Waals surface area contributed by atoms with Crippen molar-refractivity contribution in [3.63, 3.8) is 0 Å². The SMILES string of the molecule is CC1(CNC2CCCCC2c2ccccc2)CCCC1. The summed E-state index contributed by atoms with van der Waals surface area (Å²) >= 11 is 0. The summed E-state index contributed by atoms with van der Waals surface area (Å²) in [7, 11) is 0. The fraction of sp³-hybridized carbons (Fsp3) is 0.684. The summed E-state index contributed by atoms with van der Waals surface area (Å²) in [4.78, 5) is 0. The van der Waals surface area contributed by atoms with E-state index in [4.69, 9.17) is 0 Å². The molecule has 0 spiro atoms. The van der Waals surface area contributed by atoms with Crippen LogP contribution in [0.3, 0.4) is 0 Å². The van der Waals surface area contributed by atoms with Crippen molar-refractivity contribution in [2.75, 3.05) is 6.54 Å². The molecule has 0 aromatic heterocycles. The van der Waals surface area contributed by atoms with E-state index in [1.54, 1.807) is 5.56 Å². The minimum Gasteiger partial charge on any atom is -0.313 e. The topological polar surface area (TPSA) is 12.0 Å². The highest BCUT2D eigenvalue weighted by atomic mass is 14.9. The largest absolute Gasteiger partial charge is 0.313 e. The summed E-state index contributed by atoms with van der Waals surface area (Å²) in [5.41, 5.74) is 2.11. The van der Waals surface area contributed by atoms with Crippen molar-refractivity contribution in [3.8, 4) is 0 Å².